The van der Waals surface area contributed by atoms with Crippen LogP contribution in [0.5, 0.6) is 0 Å². The zero-order chi connectivity index (χ0) is 18.1. The van der Waals surface area contributed by atoms with Crippen LogP contribution in [0.3, 0.4) is 0 Å². The van der Waals surface area contributed by atoms with Crippen molar-refractivity contribution in [1.82, 2.24) is 15.6 Å². The first-order valence-electron chi connectivity index (χ1n) is 7.38. The first kappa shape index (κ1) is 23.0. The first-order valence-corrected chi connectivity index (χ1v) is 7.38. The molecule has 0 radical (unpaired) electrons. The molecule has 0 bridgehead atoms. The van der Waals surface area contributed by atoms with Crippen LogP contribution in [0.1, 0.15) is 45.5 Å². The average Bonchev–Trinajstić information content (AvgIpc) is 2.99. The molecule has 0 aliphatic rings. The molecule has 0 unspecified atom stereocenters. The van der Waals surface area contributed by atoms with Gasteiger partial charge in [-0.25, -0.2) is 9.02 Å². The van der Waals surface area contributed by atoms with Gasteiger partial charge in [0, 0.05) is 5.70 Å². The molecule has 0 aliphatic carbocycles. The fraction of sp³-hybridized carbons (Fsp3) is 0.438. The van der Waals surface area contributed by atoms with Crippen LogP contribution in [0.2, 0.25) is 0 Å². The van der Waals surface area contributed by atoms with Gasteiger partial charge in [-0.1, -0.05) is 37.2 Å². The second-order valence-corrected chi connectivity index (χ2v) is 3.79. The minimum absolute atomic E-state index is 0.102. The summed E-state index contributed by atoms with van der Waals surface area (Å²) in [6.45, 7) is 9.24. The Labute approximate surface area is 136 Å². The third-order valence-corrected chi connectivity index (χ3v) is 2.25. The van der Waals surface area contributed by atoms with Gasteiger partial charge in [-0.3, -0.25) is 4.79 Å². The summed E-state index contributed by atoms with van der Waals surface area (Å²) >= 11 is 0. The Balaban J connectivity index is 0. The smallest absolute Gasteiger partial charge is 0.211 e. The minimum atomic E-state index is -0.297. The molecule has 0 saturated heterocycles. The number of rotatable bonds is 6. The van der Waals surface area contributed by atoms with Crippen LogP contribution in [0.15, 0.2) is 40.5 Å². The number of nitrogens with one attached hydrogen (secondary N) is 1. The summed E-state index contributed by atoms with van der Waals surface area (Å²) in [4.78, 5) is 10.1. The maximum absolute atomic E-state index is 12.8. The number of halogens is 1. The van der Waals surface area contributed by atoms with E-state index < -0.39 is 0 Å². The Morgan fingerprint density at radius 3 is 2.35 bits per heavy atom. The zero-order valence-electron chi connectivity index (χ0n) is 14.3. The summed E-state index contributed by atoms with van der Waals surface area (Å²) in [5, 5.41) is 17.7. The van der Waals surface area contributed by atoms with Gasteiger partial charge in [0.1, 0.15) is 17.2 Å². The van der Waals surface area contributed by atoms with Crippen molar-refractivity contribution >= 4 is 6.41 Å². The average molecular weight is 327 g/mol. The molecule has 7 heteroatoms. The summed E-state index contributed by atoms with van der Waals surface area (Å²) < 4.78 is 17.0. The fourth-order valence-electron chi connectivity index (χ4n) is 1.12. The molecule has 2 N–H and O–H groups in total. The molecule has 0 fully saturated rings. The van der Waals surface area contributed by atoms with E-state index in [1.165, 1.54) is 18.2 Å². The lowest BCUT2D eigenvalue weighted by Gasteiger charge is -1.95. The molecule has 1 rings (SSSR count). The van der Waals surface area contributed by atoms with Crippen molar-refractivity contribution in [2.75, 3.05) is 0 Å². The van der Waals surface area contributed by atoms with E-state index in [2.05, 4.69) is 20.3 Å². The molecule has 1 amide bonds. The molecule has 130 valence electrons. The van der Waals surface area contributed by atoms with Gasteiger partial charge in [0.25, 0.3) is 0 Å². The van der Waals surface area contributed by atoms with Gasteiger partial charge in [-0.05, 0) is 38.5 Å². The lowest BCUT2D eigenvalue weighted by atomic mass is 10.3. The Morgan fingerprint density at radius 2 is 2.00 bits per heavy atom. The molecule has 23 heavy (non-hydrogen) atoms. The van der Waals surface area contributed by atoms with Crippen molar-refractivity contribution < 1.29 is 18.9 Å². The van der Waals surface area contributed by atoms with Crippen LogP contribution in [-0.2, 0) is 11.4 Å². The highest BCUT2D eigenvalue weighted by atomic mass is 19.1. The molecular weight excluding hydrogens is 301 g/mol. The summed E-state index contributed by atoms with van der Waals surface area (Å²) in [6, 6.07) is 0. The molecule has 0 saturated carbocycles. The highest BCUT2D eigenvalue weighted by Gasteiger charge is 1.99. The largest absolute Gasteiger partial charge is 0.390 e. The zero-order valence-corrected chi connectivity index (χ0v) is 14.3. The van der Waals surface area contributed by atoms with Gasteiger partial charge in [0.05, 0.1) is 6.61 Å². The molecule has 0 atom stereocenters. The third-order valence-electron chi connectivity index (χ3n) is 2.25. The van der Waals surface area contributed by atoms with E-state index in [4.69, 9.17) is 5.11 Å². The van der Waals surface area contributed by atoms with Crippen LogP contribution in [0.25, 0.3) is 0 Å². The number of aliphatic hydroxyl groups excluding tert-OH is 1. The van der Waals surface area contributed by atoms with E-state index in [9.17, 15) is 9.18 Å². The summed E-state index contributed by atoms with van der Waals surface area (Å²) in [5.41, 5.74) is 1.73. The molecule has 0 spiro atoms. The van der Waals surface area contributed by atoms with Crippen LogP contribution < -0.4 is 5.32 Å². The normalized spacial score (nSPS) is 11.3. The first-order chi connectivity index (χ1) is 11.1. The number of hydrogen-bond donors (Lipinski definition) is 2. The Bertz CT molecular complexity index is 508. The van der Waals surface area contributed by atoms with Gasteiger partial charge >= 0.3 is 0 Å². The van der Waals surface area contributed by atoms with E-state index in [1.54, 1.807) is 19.9 Å². The quantitative estimate of drug-likeness (QED) is 0.618. The third kappa shape index (κ3) is 12.0. The topological polar surface area (TPSA) is 88.3 Å². The lowest BCUT2D eigenvalue weighted by molar-refractivity contribution is -0.108. The predicted molar refractivity (Wildman–Crippen MR) is 87.9 cm³/mol. The highest BCUT2D eigenvalue weighted by Crippen LogP contribution is 2.02. The van der Waals surface area contributed by atoms with E-state index in [-0.39, 0.29) is 12.4 Å². The number of carbonyl (C=O) groups is 1. The number of hydrogen-bond acceptors (Lipinski definition) is 5. The van der Waals surface area contributed by atoms with Gasteiger partial charge in [0.2, 0.25) is 6.41 Å². The SMILES string of the molecule is CC.C\C=C(/C=C\C(F)=C\CC)NC=O.Cc1nonc1CO. The second kappa shape index (κ2) is 16.1. The molecule has 1 aromatic rings. The van der Waals surface area contributed by atoms with E-state index in [0.29, 0.717) is 29.9 Å². The van der Waals surface area contributed by atoms with Gasteiger partial charge in [-0.2, -0.15) is 0 Å². The van der Waals surface area contributed by atoms with Gasteiger partial charge < -0.3 is 10.4 Å². The van der Waals surface area contributed by atoms with Crippen LogP contribution in [0.4, 0.5) is 4.39 Å². The molecule has 0 aromatic carbocycles. The summed E-state index contributed by atoms with van der Waals surface area (Å²) in [7, 11) is 0. The lowest BCUT2D eigenvalue weighted by Crippen LogP contribution is -2.07. The number of aromatic nitrogens is 2. The molecule has 1 aromatic heterocycles. The van der Waals surface area contributed by atoms with Crippen LogP contribution in [-0.4, -0.2) is 21.8 Å². The van der Waals surface area contributed by atoms with Crippen molar-refractivity contribution in [3.8, 4) is 0 Å². The van der Waals surface area contributed by atoms with Crippen molar-refractivity contribution in [2.45, 2.75) is 47.6 Å². The van der Waals surface area contributed by atoms with Gasteiger partial charge in [0.15, 0.2) is 0 Å². The number of nitrogens with zero attached hydrogens (tertiary/aromatic N) is 2. The van der Waals surface area contributed by atoms with Crippen LogP contribution in [0, 0.1) is 6.92 Å². The predicted octanol–water partition coefficient (Wildman–Crippen LogP) is 3.35. The van der Waals surface area contributed by atoms with E-state index in [0.717, 1.165) is 0 Å². The standard InChI is InChI=1S/C10H14FNO.C4H6N2O2.C2H6/c1-3-5-9(11)6-7-10(4-2)12-8-13;1-3-4(2-7)6-8-5-3;1-2/h4-8H,3H2,1-2H3,(H,12,13);7H,2H2,1H3;1-2H3/b7-6-,9-5-,10-4+;;. The number of amides is 1. The van der Waals surface area contributed by atoms with Crippen LogP contribution >= 0.6 is 0 Å². The number of carbonyl (C=O) groups excluding carboxylic acids is 1. The highest BCUT2D eigenvalue weighted by molar-refractivity contribution is 5.51. The Hall–Kier alpha value is -2.28. The monoisotopic (exact) mass is 327 g/mol. The van der Waals surface area contributed by atoms with Crippen molar-refractivity contribution in [3.05, 3.63) is 47.2 Å². The Kier molecular flexibility index (Phi) is 16.1. The molecular formula is C16H26FN3O3. The Morgan fingerprint density at radius 1 is 1.35 bits per heavy atom. The summed E-state index contributed by atoms with van der Waals surface area (Å²) in [5.74, 6) is -0.297. The molecule has 1 heterocycles. The minimum Gasteiger partial charge on any atom is -0.390 e. The van der Waals surface area contributed by atoms with E-state index >= 15 is 0 Å². The fourth-order valence-corrected chi connectivity index (χ4v) is 1.12. The second-order valence-electron chi connectivity index (χ2n) is 3.79. The maximum atomic E-state index is 12.8. The molecule has 6 nitrogen and oxygen atoms in total. The van der Waals surface area contributed by atoms with Crippen molar-refractivity contribution in [3.63, 3.8) is 0 Å². The summed E-state index contributed by atoms with van der Waals surface area (Å²) in [6.07, 6.45) is 7.18. The van der Waals surface area contributed by atoms with E-state index in [1.807, 2.05) is 20.8 Å². The number of aryl methyl sites for hydroxylation is 1. The van der Waals surface area contributed by atoms with Gasteiger partial charge in [-0.15, -0.1) is 0 Å². The molecule has 0 aliphatic heterocycles. The van der Waals surface area contributed by atoms with Crippen molar-refractivity contribution in [2.24, 2.45) is 0 Å². The number of aliphatic hydroxyl groups is 1. The number of allylic oxidation sites excluding steroid dienone is 5. The maximum Gasteiger partial charge on any atom is 0.211 e. The van der Waals surface area contributed by atoms with Crippen molar-refractivity contribution in [1.29, 1.82) is 0 Å².